The van der Waals surface area contributed by atoms with Crippen LogP contribution >= 0.6 is 0 Å². The summed E-state index contributed by atoms with van der Waals surface area (Å²) in [6.07, 6.45) is 6.92. The number of rotatable bonds is 21. The number of urea groups is 4. The maximum atomic E-state index is 12.8. The highest BCUT2D eigenvalue weighted by atomic mass is 16.5. The van der Waals surface area contributed by atoms with Gasteiger partial charge in [-0.05, 0) is 86.3 Å². The van der Waals surface area contributed by atoms with Crippen molar-refractivity contribution in [3.63, 3.8) is 0 Å². The molecule has 56 heavy (non-hydrogen) atoms. The third-order valence-corrected chi connectivity index (χ3v) is 8.65. The fourth-order valence-corrected chi connectivity index (χ4v) is 5.73. The van der Waals surface area contributed by atoms with Crippen LogP contribution in [-0.2, 0) is 0 Å². The van der Waals surface area contributed by atoms with Gasteiger partial charge in [0.05, 0.1) is 19.9 Å². The standard InChI is InChI=1S/C42H54N8O6/c1-55-34-23-20-32(21-24-34)48-40(52)44-27-13-3-4-14-28-45-41(53)49-33-22-25-38(56-2)36(30-33)35-18-10-11-19-37(35)50-42(54)46-29-15-6-5-12-26-43-39(51)47-31-16-8-7-9-17-31/h7-11,16-25,30H,3-6,12-15,26-29H2,1-2H3,(H2,43,47,51)(H2,44,48,52)(H2,45,49,53)(H2,46,50,54). The molecule has 14 heteroatoms. The number of ether oxygens (including phenoxy) is 2. The number of unbranched alkanes of at least 4 members (excludes halogenated alkanes) is 6. The van der Waals surface area contributed by atoms with Gasteiger partial charge in [-0.25, -0.2) is 19.2 Å². The van der Waals surface area contributed by atoms with Crippen molar-refractivity contribution < 1.29 is 28.7 Å². The summed E-state index contributed by atoms with van der Waals surface area (Å²) in [5, 5.41) is 23.0. The van der Waals surface area contributed by atoms with Crippen LogP contribution in [0.25, 0.3) is 11.1 Å². The van der Waals surface area contributed by atoms with Gasteiger partial charge in [0.15, 0.2) is 0 Å². The maximum absolute atomic E-state index is 12.8. The predicted molar refractivity (Wildman–Crippen MR) is 223 cm³/mol. The molecule has 0 aromatic heterocycles. The van der Waals surface area contributed by atoms with Crippen molar-refractivity contribution in [2.45, 2.75) is 51.4 Å². The summed E-state index contributed by atoms with van der Waals surface area (Å²) in [6, 6.07) is 28.1. The number of hydrogen-bond donors (Lipinski definition) is 8. The molecule has 298 valence electrons. The number of methoxy groups -OCH3 is 2. The highest BCUT2D eigenvalue weighted by Gasteiger charge is 2.14. The number of carbonyl (C=O) groups is 4. The van der Waals surface area contributed by atoms with Gasteiger partial charge in [-0.15, -0.1) is 0 Å². The number of para-hydroxylation sites is 2. The average Bonchev–Trinajstić information content (AvgIpc) is 3.20. The summed E-state index contributed by atoms with van der Waals surface area (Å²) in [5.41, 5.74) is 4.05. The van der Waals surface area contributed by atoms with E-state index in [0.29, 0.717) is 54.6 Å². The Bertz CT molecular complexity index is 1820. The summed E-state index contributed by atoms with van der Waals surface area (Å²) < 4.78 is 10.8. The van der Waals surface area contributed by atoms with E-state index in [1.165, 1.54) is 0 Å². The van der Waals surface area contributed by atoms with Crippen LogP contribution < -0.4 is 52.0 Å². The quantitative estimate of drug-likeness (QED) is 0.0394. The summed E-state index contributed by atoms with van der Waals surface area (Å²) in [4.78, 5) is 49.6. The number of carbonyl (C=O) groups excluding carboxylic acids is 4. The van der Waals surface area contributed by atoms with E-state index >= 15 is 0 Å². The summed E-state index contributed by atoms with van der Waals surface area (Å²) in [5.74, 6) is 1.31. The van der Waals surface area contributed by atoms with Gasteiger partial charge in [0.1, 0.15) is 11.5 Å². The van der Waals surface area contributed by atoms with Gasteiger partial charge in [-0.1, -0.05) is 62.1 Å². The van der Waals surface area contributed by atoms with Gasteiger partial charge in [0, 0.05) is 54.4 Å². The molecular formula is C42H54N8O6. The van der Waals surface area contributed by atoms with Crippen molar-refractivity contribution in [1.82, 2.24) is 21.3 Å². The largest absolute Gasteiger partial charge is 0.497 e. The molecular weight excluding hydrogens is 713 g/mol. The zero-order valence-electron chi connectivity index (χ0n) is 32.2. The number of benzene rings is 4. The molecule has 0 aliphatic rings. The van der Waals surface area contributed by atoms with Crippen LogP contribution in [0, 0.1) is 0 Å². The molecule has 4 aromatic rings. The average molecular weight is 767 g/mol. The molecule has 0 saturated carbocycles. The fraction of sp³-hybridized carbons (Fsp3) is 0.333. The van der Waals surface area contributed by atoms with Gasteiger partial charge >= 0.3 is 24.1 Å². The van der Waals surface area contributed by atoms with Crippen molar-refractivity contribution >= 4 is 46.9 Å². The molecule has 0 aliphatic heterocycles. The first-order chi connectivity index (χ1) is 27.3. The lowest BCUT2D eigenvalue weighted by Gasteiger charge is -2.16. The molecule has 4 aromatic carbocycles. The Labute approximate surface area is 328 Å². The molecule has 0 aliphatic carbocycles. The van der Waals surface area contributed by atoms with E-state index in [1.54, 1.807) is 50.6 Å². The minimum Gasteiger partial charge on any atom is -0.497 e. The minimum absolute atomic E-state index is 0.226. The first-order valence-corrected chi connectivity index (χ1v) is 19.0. The van der Waals surface area contributed by atoms with Gasteiger partial charge in [-0.2, -0.15) is 0 Å². The highest BCUT2D eigenvalue weighted by Crippen LogP contribution is 2.37. The number of anilines is 4. The molecule has 0 heterocycles. The molecule has 14 nitrogen and oxygen atoms in total. The van der Waals surface area contributed by atoms with Crippen LogP contribution in [0.5, 0.6) is 11.5 Å². The molecule has 8 N–H and O–H groups in total. The topological polar surface area (TPSA) is 183 Å². The first kappa shape index (κ1) is 42.3. The van der Waals surface area contributed by atoms with Crippen molar-refractivity contribution in [2.75, 3.05) is 61.7 Å². The predicted octanol–water partition coefficient (Wildman–Crippen LogP) is 8.38. The zero-order chi connectivity index (χ0) is 39.8. The summed E-state index contributed by atoms with van der Waals surface area (Å²) in [7, 11) is 3.17. The Hall–Kier alpha value is -6.44. The highest BCUT2D eigenvalue weighted by molar-refractivity contribution is 5.97. The van der Waals surface area contributed by atoms with Crippen molar-refractivity contribution in [2.24, 2.45) is 0 Å². The molecule has 0 spiro atoms. The second-order valence-corrected chi connectivity index (χ2v) is 12.9. The lowest BCUT2D eigenvalue weighted by Crippen LogP contribution is -2.30. The normalized spacial score (nSPS) is 10.4. The monoisotopic (exact) mass is 766 g/mol. The van der Waals surface area contributed by atoms with Crippen LogP contribution in [0.3, 0.4) is 0 Å². The molecule has 8 amide bonds. The minimum atomic E-state index is -0.325. The lowest BCUT2D eigenvalue weighted by molar-refractivity contribution is 0.250. The Morgan fingerprint density at radius 2 is 0.875 bits per heavy atom. The van der Waals surface area contributed by atoms with E-state index in [2.05, 4.69) is 42.5 Å². The molecule has 0 unspecified atom stereocenters. The van der Waals surface area contributed by atoms with Crippen LogP contribution in [-0.4, -0.2) is 64.5 Å². The van der Waals surface area contributed by atoms with Crippen LogP contribution in [0.15, 0.2) is 97.1 Å². The van der Waals surface area contributed by atoms with Crippen LogP contribution in [0.4, 0.5) is 41.9 Å². The molecule has 0 bridgehead atoms. The van der Waals surface area contributed by atoms with E-state index in [-0.39, 0.29) is 24.1 Å². The lowest BCUT2D eigenvalue weighted by atomic mass is 10.0. The van der Waals surface area contributed by atoms with Gasteiger partial charge in [0.2, 0.25) is 0 Å². The zero-order valence-corrected chi connectivity index (χ0v) is 32.2. The number of nitrogens with one attached hydrogen (secondary N) is 8. The van der Waals surface area contributed by atoms with Crippen molar-refractivity contribution in [3.8, 4) is 22.6 Å². The third kappa shape index (κ3) is 15.5. The Morgan fingerprint density at radius 3 is 1.39 bits per heavy atom. The fourth-order valence-electron chi connectivity index (χ4n) is 5.73. The summed E-state index contributed by atoms with van der Waals surface area (Å²) in [6.45, 7) is 2.14. The Morgan fingerprint density at radius 1 is 0.429 bits per heavy atom. The smallest absolute Gasteiger partial charge is 0.319 e. The third-order valence-electron chi connectivity index (χ3n) is 8.65. The van der Waals surface area contributed by atoms with E-state index in [9.17, 15) is 19.2 Å². The van der Waals surface area contributed by atoms with E-state index < -0.39 is 0 Å². The Kier molecular flexibility index (Phi) is 18.2. The van der Waals surface area contributed by atoms with Gasteiger partial charge in [0.25, 0.3) is 0 Å². The van der Waals surface area contributed by atoms with Crippen molar-refractivity contribution in [3.05, 3.63) is 97.1 Å². The first-order valence-electron chi connectivity index (χ1n) is 19.0. The number of amides is 8. The molecule has 4 rings (SSSR count). The second kappa shape index (κ2) is 24.1. The summed E-state index contributed by atoms with van der Waals surface area (Å²) >= 11 is 0. The van der Waals surface area contributed by atoms with Gasteiger partial charge in [-0.3, -0.25) is 0 Å². The Balaban J connectivity index is 1.11. The maximum Gasteiger partial charge on any atom is 0.319 e. The SMILES string of the molecule is COc1ccc(NC(=O)NCCCCCCNC(=O)Nc2ccc(OC)c(-c3ccccc3NC(=O)NCCCCCCNC(=O)Nc3ccccc3)c2)cc1. The van der Waals surface area contributed by atoms with Crippen LogP contribution in [0.2, 0.25) is 0 Å². The molecule has 0 radical (unpaired) electrons. The van der Waals surface area contributed by atoms with E-state index in [0.717, 1.165) is 68.4 Å². The van der Waals surface area contributed by atoms with E-state index in [4.69, 9.17) is 9.47 Å². The van der Waals surface area contributed by atoms with Crippen LogP contribution in [0.1, 0.15) is 51.4 Å². The van der Waals surface area contributed by atoms with E-state index in [1.807, 2.05) is 60.7 Å². The second-order valence-electron chi connectivity index (χ2n) is 12.9. The molecule has 0 fully saturated rings. The number of hydrogen-bond acceptors (Lipinski definition) is 6. The van der Waals surface area contributed by atoms with Gasteiger partial charge < -0.3 is 52.0 Å². The molecule has 0 atom stereocenters. The van der Waals surface area contributed by atoms with Crippen molar-refractivity contribution in [1.29, 1.82) is 0 Å². The molecule has 0 saturated heterocycles.